The average molecular weight is 416 g/mol. The molecule has 1 heterocycles. The number of nitrogens with one attached hydrogen (secondary N) is 2. The summed E-state index contributed by atoms with van der Waals surface area (Å²) >= 11 is 0. The molecule has 1 aliphatic rings. The molecule has 6 nitrogen and oxygen atoms in total. The van der Waals surface area contributed by atoms with E-state index in [1.807, 2.05) is 32.0 Å². The highest BCUT2D eigenvalue weighted by Gasteiger charge is 2.25. The van der Waals surface area contributed by atoms with Crippen molar-refractivity contribution in [3.8, 4) is 0 Å². The van der Waals surface area contributed by atoms with Crippen molar-refractivity contribution in [3.05, 3.63) is 53.6 Å². The first-order valence-electron chi connectivity index (χ1n) is 10.1. The van der Waals surface area contributed by atoms with Crippen molar-refractivity contribution in [2.24, 2.45) is 0 Å². The van der Waals surface area contributed by atoms with E-state index < -0.39 is 10.0 Å². The number of sulfonamides is 1. The SMILES string of the molecule is Cc1ccc(NC(=O)CNc2cccc(S(=O)(=O)N3CCCCCC3)c2)cc1C. The summed E-state index contributed by atoms with van der Waals surface area (Å²) in [6, 6.07) is 12.5. The van der Waals surface area contributed by atoms with Crippen LogP contribution >= 0.6 is 0 Å². The van der Waals surface area contributed by atoms with Crippen molar-refractivity contribution >= 4 is 27.3 Å². The maximum Gasteiger partial charge on any atom is 0.243 e. The van der Waals surface area contributed by atoms with E-state index in [0.717, 1.165) is 36.9 Å². The lowest BCUT2D eigenvalue weighted by Crippen LogP contribution is -2.32. The fourth-order valence-corrected chi connectivity index (χ4v) is 4.97. The van der Waals surface area contributed by atoms with Crippen LogP contribution in [0, 0.1) is 13.8 Å². The van der Waals surface area contributed by atoms with Gasteiger partial charge in [-0.2, -0.15) is 4.31 Å². The minimum atomic E-state index is -3.51. The van der Waals surface area contributed by atoms with Crippen LogP contribution in [0.15, 0.2) is 47.4 Å². The predicted octanol–water partition coefficient (Wildman–Crippen LogP) is 3.92. The smallest absolute Gasteiger partial charge is 0.243 e. The molecule has 1 saturated heterocycles. The Morgan fingerprint density at radius 1 is 0.931 bits per heavy atom. The maximum atomic E-state index is 12.9. The lowest BCUT2D eigenvalue weighted by atomic mass is 10.1. The van der Waals surface area contributed by atoms with E-state index in [1.165, 1.54) is 5.56 Å². The molecule has 1 aliphatic heterocycles. The van der Waals surface area contributed by atoms with E-state index in [9.17, 15) is 13.2 Å². The Morgan fingerprint density at radius 2 is 1.66 bits per heavy atom. The number of anilines is 2. The van der Waals surface area contributed by atoms with Gasteiger partial charge in [-0.15, -0.1) is 0 Å². The monoisotopic (exact) mass is 415 g/mol. The van der Waals surface area contributed by atoms with Crippen molar-refractivity contribution in [2.75, 3.05) is 30.3 Å². The minimum Gasteiger partial charge on any atom is -0.376 e. The number of nitrogens with zero attached hydrogens (tertiary/aromatic N) is 1. The number of benzene rings is 2. The molecule has 0 spiro atoms. The van der Waals surface area contributed by atoms with Crippen molar-refractivity contribution in [3.63, 3.8) is 0 Å². The summed E-state index contributed by atoms with van der Waals surface area (Å²) in [5.74, 6) is -0.186. The Kier molecular flexibility index (Phi) is 6.92. The van der Waals surface area contributed by atoms with Crippen LogP contribution < -0.4 is 10.6 Å². The van der Waals surface area contributed by atoms with Crippen molar-refractivity contribution in [1.82, 2.24) is 4.31 Å². The molecule has 2 aromatic carbocycles. The second kappa shape index (κ2) is 9.41. The van der Waals surface area contributed by atoms with E-state index in [2.05, 4.69) is 10.6 Å². The summed E-state index contributed by atoms with van der Waals surface area (Å²) in [6.07, 6.45) is 3.94. The van der Waals surface area contributed by atoms with Gasteiger partial charge >= 0.3 is 0 Å². The van der Waals surface area contributed by atoms with Crippen LogP contribution in [0.3, 0.4) is 0 Å². The molecule has 0 aliphatic carbocycles. The van der Waals surface area contributed by atoms with E-state index in [1.54, 1.807) is 28.6 Å². The number of carbonyl (C=O) groups excluding carboxylic acids is 1. The Bertz CT molecular complexity index is 965. The van der Waals surface area contributed by atoms with Crippen LogP contribution in [0.1, 0.15) is 36.8 Å². The van der Waals surface area contributed by atoms with Gasteiger partial charge in [0.25, 0.3) is 0 Å². The third-order valence-electron chi connectivity index (χ3n) is 5.28. The quantitative estimate of drug-likeness (QED) is 0.750. The van der Waals surface area contributed by atoms with Gasteiger partial charge in [0.15, 0.2) is 0 Å². The van der Waals surface area contributed by atoms with Crippen molar-refractivity contribution < 1.29 is 13.2 Å². The molecule has 0 radical (unpaired) electrons. The standard InChI is InChI=1S/C22H29N3O3S/c1-17-10-11-20(14-18(17)2)24-22(26)16-23-19-8-7-9-21(15-19)29(27,28)25-12-5-3-4-6-13-25/h7-11,14-15,23H,3-6,12-13,16H2,1-2H3,(H,24,26). The van der Waals surface area contributed by atoms with Gasteiger partial charge in [0.2, 0.25) is 15.9 Å². The highest BCUT2D eigenvalue weighted by molar-refractivity contribution is 7.89. The van der Waals surface area contributed by atoms with Gasteiger partial charge in [0, 0.05) is 24.5 Å². The Labute approximate surface area is 173 Å². The Balaban J connectivity index is 1.63. The summed E-state index contributed by atoms with van der Waals surface area (Å²) in [6.45, 7) is 5.21. The molecule has 0 saturated carbocycles. The van der Waals surface area contributed by atoms with Gasteiger partial charge in [0.05, 0.1) is 11.4 Å². The van der Waals surface area contributed by atoms with E-state index >= 15 is 0 Å². The molecular weight excluding hydrogens is 386 g/mol. The van der Waals surface area contributed by atoms with Gasteiger partial charge in [-0.3, -0.25) is 4.79 Å². The number of aryl methyl sites for hydroxylation is 2. The zero-order chi connectivity index (χ0) is 20.9. The molecule has 3 rings (SSSR count). The third kappa shape index (κ3) is 5.58. The lowest BCUT2D eigenvalue weighted by molar-refractivity contribution is -0.114. The molecule has 2 N–H and O–H groups in total. The van der Waals surface area contributed by atoms with Crippen LogP contribution in [-0.4, -0.2) is 38.3 Å². The fourth-order valence-electron chi connectivity index (χ4n) is 3.40. The second-order valence-corrected chi connectivity index (χ2v) is 9.48. The summed E-state index contributed by atoms with van der Waals surface area (Å²) in [5, 5.41) is 5.88. The zero-order valence-electron chi connectivity index (χ0n) is 17.1. The fraction of sp³-hybridized carbons (Fsp3) is 0.409. The number of rotatable bonds is 6. The highest BCUT2D eigenvalue weighted by atomic mass is 32.2. The van der Waals surface area contributed by atoms with E-state index in [-0.39, 0.29) is 17.3 Å². The summed E-state index contributed by atoms with van der Waals surface area (Å²) in [5.41, 5.74) is 3.64. The molecule has 29 heavy (non-hydrogen) atoms. The number of hydrogen-bond donors (Lipinski definition) is 2. The van der Waals surface area contributed by atoms with Gasteiger partial charge in [-0.1, -0.05) is 25.0 Å². The Hall–Kier alpha value is -2.38. The van der Waals surface area contributed by atoms with Crippen LogP contribution in [0.5, 0.6) is 0 Å². The normalized spacial score (nSPS) is 15.5. The number of carbonyl (C=O) groups is 1. The summed E-state index contributed by atoms with van der Waals surface area (Å²) in [7, 11) is -3.51. The largest absolute Gasteiger partial charge is 0.376 e. The average Bonchev–Trinajstić information content (AvgIpc) is 3.00. The van der Waals surface area contributed by atoms with Crippen LogP contribution in [0.2, 0.25) is 0 Å². The van der Waals surface area contributed by atoms with Crippen LogP contribution in [-0.2, 0) is 14.8 Å². The van der Waals surface area contributed by atoms with Gasteiger partial charge in [-0.05, 0) is 68.1 Å². The first-order chi connectivity index (χ1) is 13.9. The molecule has 0 bridgehead atoms. The van der Waals surface area contributed by atoms with E-state index in [4.69, 9.17) is 0 Å². The maximum absolute atomic E-state index is 12.9. The van der Waals surface area contributed by atoms with Gasteiger partial charge < -0.3 is 10.6 Å². The third-order valence-corrected chi connectivity index (χ3v) is 7.18. The first-order valence-corrected chi connectivity index (χ1v) is 11.5. The molecular formula is C22H29N3O3S. The highest BCUT2D eigenvalue weighted by Crippen LogP contribution is 2.22. The second-order valence-electron chi connectivity index (χ2n) is 7.55. The van der Waals surface area contributed by atoms with Crippen LogP contribution in [0.25, 0.3) is 0 Å². The molecule has 1 amide bonds. The number of amides is 1. The first kappa shape index (κ1) is 21.3. The van der Waals surface area contributed by atoms with Crippen molar-refractivity contribution in [2.45, 2.75) is 44.4 Å². The molecule has 0 aromatic heterocycles. The summed E-state index contributed by atoms with van der Waals surface area (Å²) < 4.78 is 27.5. The molecule has 0 atom stereocenters. The lowest BCUT2D eigenvalue weighted by Gasteiger charge is -2.20. The zero-order valence-corrected chi connectivity index (χ0v) is 17.9. The van der Waals surface area contributed by atoms with E-state index in [0.29, 0.717) is 18.8 Å². The molecule has 0 unspecified atom stereocenters. The molecule has 7 heteroatoms. The topological polar surface area (TPSA) is 78.5 Å². The van der Waals surface area contributed by atoms with Gasteiger partial charge in [0.1, 0.15) is 0 Å². The van der Waals surface area contributed by atoms with Gasteiger partial charge in [-0.25, -0.2) is 8.42 Å². The van der Waals surface area contributed by atoms with Crippen LogP contribution in [0.4, 0.5) is 11.4 Å². The molecule has 156 valence electrons. The summed E-state index contributed by atoms with van der Waals surface area (Å²) in [4.78, 5) is 12.5. The Morgan fingerprint density at radius 3 is 2.34 bits per heavy atom. The molecule has 2 aromatic rings. The minimum absolute atomic E-state index is 0.0557. The van der Waals surface area contributed by atoms with Crippen molar-refractivity contribution in [1.29, 1.82) is 0 Å². The number of hydrogen-bond acceptors (Lipinski definition) is 4. The molecule has 1 fully saturated rings. The predicted molar refractivity (Wildman–Crippen MR) is 117 cm³/mol.